The van der Waals surface area contributed by atoms with Crippen molar-refractivity contribution in [3.8, 4) is 0 Å². The van der Waals surface area contributed by atoms with Crippen molar-refractivity contribution in [2.24, 2.45) is 10.8 Å². The summed E-state index contributed by atoms with van der Waals surface area (Å²) in [6, 6.07) is 0. The van der Waals surface area contributed by atoms with E-state index in [1.807, 2.05) is 6.20 Å². The highest BCUT2D eigenvalue weighted by atomic mass is 16.5. The molecule has 1 aromatic rings. The van der Waals surface area contributed by atoms with Gasteiger partial charge in [-0.2, -0.15) is 5.10 Å². The lowest BCUT2D eigenvalue weighted by Gasteiger charge is -2.34. The van der Waals surface area contributed by atoms with Crippen molar-refractivity contribution in [1.29, 1.82) is 0 Å². The summed E-state index contributed by atoms with van der Waals surface area (Å²) in [5.41, 5.74) is 1.82. The summed E-state index contributed by atoms with van der Waals surface area (Å²) >= 11 is 0. The van der Waals surface area contributed by atoms with Crippen LogP contribution in [-0.2, 0) is 11.2 Å². The van der Waals surface area contributed by atoms with E-state index < -0.39 is 0 Å². The van der Waals surface area contributed by atoms with Gasteiger partial charge >= 0.3 is 6.92 Å². The van der Waals surface area contributed by atoms with Gasteiger partial charge in [0.05, 0.1) is 5.60 Å². The molecule has 0 radical (unpaired) electrons. The molecule has 2 aliphatic rings. The summed E-state index contributed by atoms with van der Waals surface area (Å²) < 4.78 is 8.45. The molecule has 0 spiro atoms. The van der Waals surface area contributed by atoms with E-state index >= 15 is 0 Å². The van der Waals surface area contributed by atoms with Crippen LogP contribution in [0.3, 0.4) is 0 Å². The molecule has 0 bridgehead atoms. The van der Waals surface area contributed by atoms with Gasteiger partial charge in [-0.25, -0.2) is 0 Å². The molecule has 2 heterocycles. The first-order valence-electron chi connectivity index (χ1n) is 8.41. The average molecular weight is 288 g/mol. The normalized spacial score (nSPS) is 26.4. The lowest BCUT2D eigenvalue weighted by Crippen LogP contribution is -2.35. The van der Waals surface area contributed by atoms with E-state index in [0.717, 1.165) is 12.9 Å². The summed E-state index contributed by atoms with van der Waals surface area (Å²) in [6.45, 7) is 12.7. The van der Waals surface area contributed by atoms with Crippen molar-refractivity contribution in [2.45, 2.75) is 78.8 Å². The monoisotopic (exact) mass is 288 g/mol. The summed E-state index contributed by atoms with van der Waals surface area (Å²) in [6.07, 6.45) is 10.7. The molecule has 1 saturated carbocycles. The van der Waals surface area contributed by atoms with E-state index in [4.69, 9.17) is 4.65 Å². The molecule has 1 saturated heterocycles. The molecule has 1 aliphatic carbocycles. The Morgan fingerprint density at radius 2 is 1.86 bits per heavy atom. The second-order valence-electron chi connectivity index (χ2n) is 8.69. The molecule has 4 heteroatoms. The van der Waals surface area contributed by atoms with Gasteiger partial charge in [-0.15, -0.1) is 0 Å². The maximum Gasteiger partial charge on any atom is 0.331 e. The van der Waals surface area contributed by atoms with Crippen LogP contribution in [0, 0.1) is 10.8 Å². The van der Waals surface area contributed by atoms with Gasteiger partial charge in [0.2, 0.25) is 0 Å². The maximum absolute atomic E-state index is 6.31. The standard InChI is InChI=1S/C17H29BN2O/c1-15(2)12-18(21-16(15,3)4)14-10-19-20(11-14)13-17(5)8-6-7-9-17/h10-11H,6-9,12-13H2,1-5H3. The van der Waals surface area contributed by atoms with Crippen LogP contribution in [0.4, 0.5) is 0 Å². The quantitative estimate of drug-likeness (QED) is 0.796. The van der Waals surface area contributed by atoms with Crippen LogP contribution in [0.2, 0.25) is 6.32 Å². The Bertz CT molecular complexity index is 499. The van der Waals surface area contributed by atoms with E-state index in [1.165, 1.54) is 31.1 Å². The van der Waals surface area contributed by atoms with Gasteiger partial charge in [0.25, 0.3) is 0 Å². The fraction of sp³-hybridized carbons (Fsp3) is 0.824. The highest BCUT2D eigenvalue weighted by molar-refractivity contribution is 6.68. The zero-order chi connectivity index (χ0) is 15.3. The predicted octanol–water partition coefficient (Wildman–Crippen LogP) is 3.50. The highest BCUT2D eigenvalue weighted by Gasteiger charge is 2.50. The summed E-state index contributed by atoms with van der Waals surface area (Å²) in [7, 11) is 0. The Kier molecular flexibility index (Phi) is 3.51. The number of aromatic nitrogens is 2. The molecular weight excluding hydrogens is 259 g/mol. The minimum Gasteiger partial charge on any atom is -0.425 e. The average Bonchev–Trinajstić information content (AvgIpc) is 3.01. The SMILES string of the molecule is CC1(Cn2cc(B3CC(C)(C)C(C)(C)O3)cn2)CCCC1. The van der Waals surface area contributed by atoms with Crippen molar-refractivity contribution < 1.29 is 4.65 Å². The predicted molar refractivity (Wildman–Crippen MR) is 87.9 cm³/mol. The van der Waals surface area contributed by atoms with Gasteiger partial charge in [0.1, 0.15) is 0 Å². The second-order valence-corrected chi connectivity index (χ2v) is 8.69. The molecule has 0 atom stereocenters. The molecule has 1 aromatic heterocycles. The molecule has 21 heavy (non-hydrogen) atoms. The molecule has 1 aliphatic heterocycles. The Balaban J connectivity index is 1.71. The van der Waals surface area contributed by atoms with E-state index in [9.17, 15) is 0 Å². The number of hydrogen-bond acceptors (Lipinski definition) is 2. The van der Waals surface area contributed by atoms with E-state index in [0.29, 0.717) is 5.41 Å². The molecule has 0 unspecified atom stereocenters. The lowest BCUT2D eigenvalue weighted by atomic mass is 9.55. The fourth-order valence-corrected chi connectivity index (χ4v) is 3.86. The Morgan fingerprint density at radius 3 is 2.43 bits per heavy atom. The van der Waals surface area contributed by atoms with Crippen molar-refractivity contribution in [3.63, 3.8) is 0 Å². The second kappa shape index (κ2) is 4.87. The molecule has 3 rings (SSSR count). The zero-order valence-electron chi connectivity index (χ0n) is 14.3. The van der Waals surface area contributed by atoms with Gasteiger partial charge in [-0.1, -0.05) is 33.6 Å². The first-order valence-corrected chi connectivity index (χ1v) is 8.41. The van der Waals surface area contributed by atoms with Crippen molar-refractivity contribution in [3.05, 3.63) is 12.4 Å². The summed E-state index contributed by atoms with van der Waals surface area (Å²) in [4.78, 5) is 0. The third-order valence-electron chi connectivity index (χ3n) is 6.14. The topological polar surface area (TPSA) is 27.1 Å². The Hall–Kier alpha value is -0.765. The lowest BCUT2D eigenvalue weighted by molar-refractivity contribution is 0.0375. The number of nitrogens with zero attached hydrogens (tertiary/aromatic N) is 2. The zero-order valence-corrected chi connectivity index (χ0v) is 14.3. The molecule has 0 aromatic carbocycles. The maximum atomic E-state index is 6.31. The van der Waals surface area contributed by atoms with Crippen molar-refractivity contribution >= 4 is 12.4 Å². The smallest absolute Gasteiger partial charge is 0.331 e. The van der Waals surface area contributed by atoms with Crippen LogP contribution in [0.1, 0.15) is 60.3 Å². The third kappa shape index (κ3) is 2.79. The Morgan fingerprint density at radius 1 is 1.19 bits per heavy atom. The largest absolute Gasteiger partial charge is 0.425 e. The van der Waals surface area contributed by atoms with Gasteiger partial charge in [0, 0.05) is 18.9 Å². The van der Waals surface area contributed by atoms with Crippen LogP contribution in [-0.4, -0.2) is 22.3 Å². The van der Waals surface area contributed by atoms with Gasteiger partial charge in [0.15, 0.2) is 0 Å². The first-order chi connectivity index (χ1) is 9.71. The van der Waals surface area contributed by atoms with Crippen LogP contribution >= 0.6 is 0 Å². The summed E-state index contributed by atoms with van der Waals surface area (Å²) in [5, 5.41) is 4.60. The first kappa shape index (κ1) is 15.1. The van der Waals surface area contributed by atoms with Gasteiger partial charge < -0.3 is 4.65 Å². The summed E-state index contributed by atoms with van der Waals surface area (Å²) in [5.74, 6) is 0. The van der Waals surface area contributed by atoms with Gasteiger partial charge in [-0.05, 0) is 49.3 Å². The minimum atomic E-state index is -0.0722. The van der Waals surface area contributed by atoms with Crippen molar-refractivity contribution in [1.82, 2.24) is 9.78 Å². The molecule has 0 N–H and O–H groups in total. The fourth-order valence-electron chi connectivity index (χ4n) is 3.86. The van der Waals surface area contributed by atoms with E-state index in [1.54, 1.807) is 0 Å². The number of hydrogen-bond donors (Lipinski definition) is 0. The van der Waals surface area contributed by atoms with E-state index in [2.05, 4.69) is 50.6 Å². The molecular formula is C17H29BN2O. The minimum absolute atomic E-state index is 0.0722. The number of rotatable bonds is 3. The van der Waals surface area contributed by atoms with Crippen LogP contribution in [0.5, 0.6) is 0 Å². The van der Waals surface area contributed by atoms with E-state index in [-0.39, 0.29) is 17.9 Å². The van der Waals surface area contributed by atoms with Gasteiger partial charge in [-0.3, -0.25) is 4.68 Å². The highest BCUT2D eigenvalue weighted by Crippen LogP contribution is 2.45. The third-order valence-corrected chi connectivity index (χ3v) is 6.14. The van der Waals surface area contributed by atoms with Crippen molar-refractivity contribution in [2.75, 3.05) is 0 Å². The molecule has 2 fully saturated rings. The van der Waals surface area contributed by atoms with Crippen LogP contribution in [0.25, 0.3) is 0 Å². The molecule has 3 nitrogen and oxygen atoms in total. The Labute approximate surface area is 129 Å². The van der Waals surface area contributed by atoms with Crippen LogP contribution in [0.15, 0.2) is 12.4 Å². The molecule has 0 amide bonds. The van der Waals surface area contributed by atoms with Crippen LogP contribution < -0.4 is 5.46 Å². The molecule has 116 valence electrons.